The first-order valence-corrected chi connectivity index (χ1v) is 9.12. The molecule has 0 bridgehead atoms. The summed E-state index contributed by atoms with van der Waals surface area (Å²) in [5, 5.41) is 32.0. The van der Waals surface area contributed by atoms with Gasteiger partial charge in [-0.15, -0.1) is 0 Å². The predicted molar refractivity (Wildman–Crippen MR) is 97.6 cm³/mol. The molecule has 1 aliphatic rings. The van der Waals surface area contributed by atoms with Crippen molar-refractivity contribution >= 4 is 40.9 Å². The summed E-state index contributed by atoms with van der Waals surface area (Å²) < 4.78 is 14.1. The number of amides is 1. The number of aliphatic hydroxyl groups is 3. The van der Waals surface area contributed by atoms with Gasteiger partial charge in [-0.05, 0) is 5.56 Å². The fourth-order valence-corrected chi connectivity index (χ4v) is 2.62. The number of carbonyl (C=O) groups excluding carboxylic acids is 1. The molecule has 1 amide bonds. The Hall–Kier alpha value is -0.840. The molecular formula is C16H20Cl3NO7. The second-order valence-electron chi connectivity index (χ2n) is 5.86. The summed E-state index contributed by atoms with van der Waals surface area (Å²) in [4.78, 5) is 11.9. The zero-order valence-electron chi connectivity index (χ0n) is 14.0. The summed E-state index contributed by atoms with van der Waals surface area (Å²) in [6.07, 6.45) is -6.20. The van der Waals surface area contributed by atoms with Crippen LogP contribution in [0.2, 0.25) is 0 Å². The van der Waals surface area contributed by atoms with Gasteiger partial charge in [0, 0.05) is 0 Å². The largest absolute Gasteiger partial charge is 0.445 e. The van der Waals surface area contributed by atoms with Crippen molar-refractivity contribution in [3.05, 3.63) is 35.9 Å². The van der Waals surface area contributed by atoms with Crippen LogP contribution < -0.4 is 5.32 Å². The minimum Gasteiger partial charge on any atom is -0.445 e. The number of alkyl carbamates (subject to hydrolysis) is 1. The van der Waals surface area contributed by atoms with E-state index in [0.717, 1.165) is 5.56 Å². The van der Waals surface area contributed by atoms with Crippen LogP contribution in [0.15, 0.2) is 30.3 Å². The Balaban J connectivity index is 2.04. The zero-order chi connectivity index (χ0) is 20.0. The van der Waals surface area contributed by atoms with Gasteiger partial charge in [-0.2, -0.15) is 0 Å². The smallest absolute Gasteiger partial charge is 0.407 e. The summed E-state index contributed by atoms with van der Waals surface area (Å²) in [7, 11) is 0. The Morgan fingerprint density at radius 1 is 1.19 bits per heavy atom. The Bertz CT molecular complexity index is 601. The minimum atomic E-state index is -1.80. The Labute approximate surface area is 170 Å². The molecule has 1 heterocycles. The first kappa shape index (κ1) is 22.4. The number of benzene rings is 1. The first-order chi connectivity index (χ1) is 12.7. The topological polar surface area (TPSA) is 117 Å². The van der Waals surface area contributed by atoms with Crippen molar-refractivity contribution in [2.75, 3.05) is 13.2 Å². The molecule has 5 atom stereocenters. The molecule has 0 aromatic heterocycles. The van der Waals surface area contributed by atoms with Gasteiger partial charge in [0.05, 0.1) is 13.2 Å². The Morgan fingerprint density at radius 2 is 1.85 bits per heavy atom. The van der Waals surface area contributed by atoms with Crippen LogP contribution in [-0.4, -0.2) is 69.1 Å². The maximum atomic E-state index is 11.9. The van der Waals surface area contributed by atoms with Gasteiger partial charge >= 0.3 is 6.09 Å². The molecular weight excluding hydrogens is 425 g/mol. The van der Waals surface area contributed by atoms with Crippen molar-refractivity contribution in [2.24, 2.45) is 0 Å². The fraction of sp³-hybridized carbons (Fsp3) is 0.562. The maximum Gasteiger partial charge on any atom is 0.407 e. The van der Waals surface area contributed by atoms with Gasteiger partial charge in [0.2, 0.25) is 3.79 Å². The SMILES string of the molecule is O=C(NC1C(OCc2ccccc2)OC(CO)C(O)C1O)OCC(Cl)(Cl)Cl. The molecule has 0 aliphatic carbocycles. The summed E-state index contributed by atoms with van der Waals surface area (Å²) >= 11 is 16.5. The molecule has 5 unspecified atom stereocenters. The van der Waals surface area contributed by atoms with E-state index in [1.807, 2.05) is 30.3 Å². The Morgan fingerprint density at radius 3 is 2.44 bits per heavy atom. The lowest BCUT2D eigenvalue weighted by Crippen LogP contribution is -2.64. The highest BCUT2D eigenvalue weighted by molar-refractivity contribution is 6.67. The van der Waals surface area contributed by atoms with Gasteiger partial charge in [-0.25, -0.2) is 4.79 Å². The van der Waals surface area contributed by atoms with Crippen molar-refractivity contribution in [3.63, 3.8) is 0 Å². The van der Waals surface area contributed by atoms with E-state index in [9.17, 15) is 20.1 Å². The summed E-state index contributed by atoms with van der Waals surface area (Å²) in [5.41, 5.74) is 0.819. The third-order valence-electron chi connectivity index (χ3n) is 3.79. The molecule has 152 valence electrons. The molecule has 4 N–H and O–H groups in total. The number of aliphatic hydroxyl groups excluding tert-OH is 3. The summed E-state index contributed by atoms with van der Waals surface area (Å²) in [6, 6.07) is 7.92. The van der Waals surface area contributed by atoms with Crippen LogP contribution in [0.25, 0.3) is 0 Å². The second-order valence-corrected chi connectivity index (χ2v) is 8.38. The van der Waals surface area contributed by atoms with Crippen molar-refractivity contribution in [3.8, 4) is 0 Å². The number of hydrogen-bond acceptors (Lipinski definition) is 7. The van der Waals surface area contributed by atoms with E-state index in [4.69, 9.17) is 49.0 Å². The van der Waals surface area contributed by atoms with Crippen molar-refractivity contribution in [1.82, 2.24) is 5.32 Å². The minimum absolute atomic E-state index is 0.105. The second kappa shape index (κ2) is 10.1. The first-order valence-electron chi connectivity index (χ1n) is 7.99. The van der Waals surface area contributed by atoms with Gasteiger partial charge in [-0.3, -0.25) is 0 Å². The number of ether oxygens (including phenoxy) is 3. The molecule has 0 spiro atoms. The third kappa shape index (κ3) is 6.92. The number of carbonyl (C=O) groups is 1. The molecule has 8 nitrogen and oxygen atoms in total. The molecule has 1 aromatic rings. The lowest BCUT2D eigenvalue weighted by Gasteiger charge is -2.42. The molecule has 1 fully saturated rings. The van der Waals surface area contributed by atoms with Crippen LogP contribution in [0.5, 0.6) is 0 Å². The van der Waals surface area contributed by atoms with Crippen molar-refractivity contribution in [1.29, 1.82) is 0 Å². The highest BCUT2D eigenvalue weighted by atomic mass is 35.6. The third-order valence-corrected chi connectivity index (χ3v) is 4.12. The van der Waals surface area contributed by atoms with Crippen molar-refractivity contribution < 1.29 is 34.3 Å². The monoisotopic (exact) mass is 443 g/mol. The van der Waals surface area contributed by atoms with E-state index < -0.39 is 53.7 Å². The molecule has 27 heavy (non-hydrogen) atoms. The highest BCUT2D eigenvalue weighted by Gasteiger charge is 2.46. The van der Waals surface area contributed by atoms with Crippen LogP contribution in [-0.2, 0) is 20.8 Å². The standard InChI is InChI=1S/C16H20Cl3NO7/c17-16(18,19)8-26-15(24)20-11-13(23)12(22)10(6-21)27-14(11)25-7-9-4-2-1-3-5-9/h1-5,10-14,21-23H,6-8H2,(H,20,24). The van der Waals surface area contributed by atoms with Crippen LogP contribution in [0.1, 0.15) is 5.56 Å². The van der Waals surface area contributed by atoms with Gasteiger partial charge in [0.15, 0.2) is 6.29 Å². The molecule has 11 heteroatoms. The van der Waals surface area contributed by atoms with E-state index in [2.05, 4.69) is 5.32 Å². The van der Waals surface area contributed by atoms with Crippen LogP contribution >= 0.6 is 34.8 Å². The number of hydrogen-bond donors (Lipinski definition) is 4. The Kier molecular flexibility index (Phi) is 8.39. The molecule has 1 aliphatic heterocycles. The number of alkyl halides is 3. The van der Waals surface area contributed by atoms with Gasteiger partial charge in [0.25, 0.3) is 0 Å². The van der Waals surface area contributed by atoms with E-state index in [1.54, 1.807) is 0 Å². The maximum absolute atomic E-state index is 11.9. The average Bonchev–Trinajstić information content (AvgIpc) is 2.63. The van der Waals surface area contributed by atoms with E-state index in [-0.39, 0.29) is 6.61 Å². The summed E-state index contributed by atoms with van der Waals surface area (Å²) in [6.45, 7) is -0.966. The van der Waals surface area contributed by atoms with Gasteiger partial charge in [0.1, 0.15) is 31.0 Å². The molecule has 0 radical (unpaired) electrons. The van der Waals surface area contributed by atoms with Gasteiger partial charge in [-0.1, -0.05) is 65.1 Å². The van der Waals surface area contributed by atoms with Crippen LogP contribution in [0.3, 0.4) is 0 Å². The quantitative estimate of drug-likeness (QED) is 0.486. The molecule has 2 rings (SSSR count). The van der Waals surface area contributed by atoms with E-state index in [0.29, 0.717) is 0 Å². The van der Waals surface area contributed by atoms with Gasteiger partial charge < -0.3 is 34.8 Å². The number of nitrogens with one attached hydrogen (secondary N) is 1. The van der Waals surface area contributed by atoms with Crippen LogP contribution in [0.4, 0.5) is 4.79 Å². The molecule has 1 saturated heterocycles. The van der Waals surface area contributed by atoms with Crippen molar-refractivity contribution in [2.45, 2.75) is 41.0 Å². The number of halogens is 3. The molecule has 0 saturated carbocycles. The highest BCUT2D eigenvalue weighted by Crippen LogP contribution is 2.26. The van der Waals surface area contributed by atoms with Crippen LogP contribution in [0, 0.1) is 0 Å². The summed E-state index contributed by atoms with van der Waals surface area (Å²) in [5.74, 6) is 0. The zero-order valence-corrected chi connectivity index (χ0v) is 16.3. The fourth-order valence-electron chi connectivity index (χ4n) is 2.46. The predicted octanol–water partition coefficient (Wildman–Crippen LogP) is 1.11. The average molecular weight is 445 g/mol. The number of rotatable bonds is 6. The normalized spacial score (nSPS) is 28.6. The van der Waals surface area contributed by atoms with E-state index in [1.165, 1.54) is 0 Å². The van der Waals surface area contributed by atoms with E-state index >= 15 is 0 Å². The lowest BCUT2D eigenvalue weighted by atomic mass is 9.97. The molecule has 1 aromatic carbocycles. The lowest BCUT2D eigenvalue weighted by molar-refractivity contribution is -0.273.